The van der Waals surface area contributed by atoms with Gasteiger partial charge in [0.25, 0.3) is 0 Å². The number of Topliss-reactive ketones (excluding diaryl/α,β-unsaturated/α-hetero) is 1. The van der Waals surface area contributed by atoms with Crippen molar-refractivity contribution in [3.05, 3.63) is 0 Å². The molecule has 1 fully saturated rings. The summed E-state index contributed by atoms with van der Waals surface area (Å²) in [5.74, 6) is -1.78. The Morgan fingerprint density at radius 3 is 2.40 bits per heavy atom. The van der Waals surface area contributed by atoms with Gasteiger partial charge in [-0.15, -0.1) is 0 Å². The van der Waals surface area contributed by atoms with Crippen molar-refractivity contribution in [3.8, 4) is 0 Å². The zero-order valence-electron chi connectivity index (χ0n) is 8.95. The molecule has 1 saturated carbocycles. The second kappa shape index (κ2) is 4.12. The molecule has 0 amide bonds. The van der Waals surface area contributed by atoms with Crippen LogP contribution in [0, 0.1) is 5.92 Å². The van der Waals surface area contributed by atoms with Gasteiger partial charge >= 0.3 is 6.18 Å². The third kappa shape index (κ3) is 2.33. The molecule has 0 aromatic heterocycles. The highest BCUT2D eigenvalue weighted by molar-refractivity contribution is 5.92. The average Bonchev–Trinajstić information content (AvgIpc) is 2.81. The zero-order valence-corrected chi connectivity index (χ0v) is 8.95. The number of carbonyl (C=O) groups excluding carboxylic acids is 1. The molecule has 2 nitrogen and oxygen atoms in total. The van der Waals surface area contributed by atoms with Crippen LogP contribution >= 0.6 is 0 Å². The summed E-state index contributed by atoms with van der Waals surface area (Å²) >= 11 is 0. The van der Waals surface area contributed by atoms with Crippen molar-refractivity contribution >= 4 is 5.78 Å². The first-order valence-electron chi connectivity index (χ1n) is 5.23. The molecule has 2 atom stereocenters. The Balaban J connectivity index is 2.73. The first-order valence-corrected chi connectivity index (χ1v) is 5.23. The van der Waals surface area contributed by atoms with Gasteiger partial charge in [0.15, 0.2) is 5.78 Å². The van der Waals surface area contributed by atoms with Crippen LogP contribution in [-0.4, -0.2) is 24.0 Å². The van der Waals surface area contributed by atoms with Crippen LogP contribution in [0.2, 0.25) is 0 Å². The maximum absolute atomic E-state index is 12.5. The normalized spacial score (nSPS) is 30.3. The van der Waals surface area contributed by atoms with Crippen molar-refractivity contribution < 1.29 is 18.0 Å². The Morgan fingerprint density at radius 1 is 1.47 bits per heavy atom. The van der Waals surface area contributed by atoms with Crippen molar-refractivity contribution in [3.63, 3.8) is 0 Å². The van der Waals surface area contributed by atoms with Crippen LogP contribution in [0.25, 0.3) is 0 Å². The average molecular weight is 223 g/mol. The molecule has 1 aliphatic carbocycles. The van der Waals surface area contributed by atoms with E-state index in [9.17, 15) is 18.0 Å². The van der Waals surface area contributed by atoms with Gasteiger partial charge in [-0.3, -0.25) is 4.79 Å². The lowest BCUT2D eigenvalue weighted by Gasteiger charge is -2.18. The lowest BCUT2D eigenvalue weighted by Crippen LogP contribution is -2.43. The molecule has 0 radical (unpaired) electrons. The molecule has 0 aromatic carbocycles. The fourth-order valence-electron chi connectivity index (χ4n) is 2.03. The molecule has 0 bridgehead atoms. The third-order valence-electron chi connectivity index (χ3n) is 2.82. The first kappa shape index (κ1) is 12.5. The standard InChI is InChI=1S/C10H16F3NO/c1-3-5-8(15)9(14-4-2)6-7(9)10(11,12)13/h7,14H,3-6H2,1-2H3. The number of hydrogen-bond donors (Lipinski definition) is 1. The molecule has 1 aliphatic rings. The summed E-state index contributed by atoms with van der Waals surface area (Å²) in [6.07, 6.45) is -3.54. The SMILES string of the molecule is CCCC(=O)C1(NCC)CC1C(F)(F)F. The second-order valence-electron chi connectivity index (χ2n) is 3.97. The zero-order chi connectivity index (χ0) is 11.7. The fourth-order valence-corrected chi connectivity index (χ4v) is 2.03. The first-order chi connectivity index (χ1) is 6.88. The number of hydrogen-bond acceptors (Lipinski definition) is 2. The number of likely N-dealkylation sites (N-methyl/N-ethyl adjacent to an activating group) is 1. The molecule has 0 saturated heterocycles. The topological polar surface area (TPSA) is 29.1 Å². The summed E-state index contributed by atoms with van der Waals surface area (Å²) in [5, 5.41) is 2.70. The fraction of sp³-hybridized carbons (Fsp3) is 0.900. The molecule has 0 spiro atoms. The van der Waals surface area contributed by atoms with Crippen molar-refractivity contribution in [1.82, 2.24) is 5.32 Å². The van der Waals surface area contributed by atoms with Crippen LogP contribution < -0.4 is 5.32 Å². The molecule has 0 heterocycles. The van der Waals surface area contributed by atoms with E-state index in [-0.39, 0.29) is 18.6 Å². The van der Waals surface area contributed by atoms with E-state index in [1.807, 2.05) is 0 Å². The molecule has 0 aliphatic heterocycles. The van der Waals surface area contributed by atoms with Crippen LogP contribution in [0.1, 0.15) is 33.1 Å². The molecule has 5 heteroatoms. The van der Waals surface area contributed by atoms with Gasteiger partial charge in [0.2, 0.25) is 0 Å². The summed E-state index contributed by atoms with van der Waals surface area (Å²) in [6, 6.07) is 0. The van der Waals surface area contributed by atoms with E-state index in [1.165, 1.54) is 0 Å². The van der Waals surface area contributed by atoms with Crippen molar-refractivity contribution in [2.24, 2.45) is 5.92 Å². The highest BCUT2D eigenvalue weighted by atomic mass is 19.4. The van der Waals surface area contributed by atoms with Crippen molar-refractivity contribution in [2.75, 3.05) is 6.54 Å². The van der Waals surface area contributed by atoms with E-state index in [2.05, 4.69) is 5.32 Å². The second-order valence-corrected chi connectivity index (χ2v) is 3.97. The smallest absolute Gasteiger partial charge is 0.305 e. The largest absolute Gasteiger partial charge is 0.394 e. The van der Waals surface area contributed by atoms with Gasteiger partial charge in [-0.1, -0.05) is 13.8 Å². The van der Waals surface area contributed by atoms with E-state index >= 15 is 0 Å². The van der Waals surface area contributed by atoms with E-state index in [0.29, 0.717) is 13.0 Å². The van der Waals surface area contributed by atoms with Gasteiger partial charge < -0.3 is 5.32 Å². The number of nitrogens with one attached hydrogen (secondary N) is 1. The number of halogens is 3. The van der Waals surface area contributed by atoms with E-state index in [4.69, 9.17) is 0 Å². The van der Waals surface area contributed by atoms with E-state index in [0.717, 1.165) is 0 Å². The van der Waals surface area contributed by atoms with Gasteiger partial charge in [0.1, 0.15) is 0 Å². The molecule has 88 valence electrons. The van der Waals surface area contributed by atoms with Crippen molar-refractivity contribution in [1.29, 1.82) is 0 Å². The lowest BCUT2D eigenvalue weighted by atomic mass is 10.0. The Bertz CT molecular complexity index is 252. The summed E-state index contributed by atoms with van der Waals surface area (Å²) in [5.41, 5.74) is -1.30. The summed E-state index contributed by atoms with van der Waals surface area (Å²) < 4.78 is 37.4. The van der Waals surface area contributed by atoms with Crippen LogP contribution in [-0.2, 0) is 4.79 Å². The monoisotopic (exact) mass is 223 g/mol. The van der Waals surface area contributed by atoms with Crippen molar-refractivity contribution in [2.45, 2.75) is 44.8 Å². The summed E-state index contributed by atoms with van der Waals surface area (Å²) in [6.45, 7) is 3.90. The number of rotatable bonds is 5. The van der Waals surface area contributed by atoms with Gasteiger partial charge in [-0.25, -0.2) is 0 Å². The molecule has 1 rings (SSSR count). The summed E-state index contributed by atoms with van der Waals surface area (Å²) in [7, 11) is 0. The number of ketones is 1. The van der Waals surface area contributed by atoms with Gasteiger partial charge in [-0.05, 0) is 19.4 Å². The maximum Gasteiger partial charge on any atom is 0.394 e. The Kier molecular flexibility index (Phi) is 3.43. The molecule has 15 heavy (non-hydrogen) atoms. The van der Waals surface area contributed by atoms with Crippen LogP contribution in [0.15, 0.2) is 0 Å². The molecule has 0 aromatic rings. The Labute approximate surface area is 87.2 Å². The lowest BCUT2D eigenvalue weighted by molar-refractivity contribution is -0.157. The van der Waals surface area contributed by atoms with Crippen LogP contribution in [0.4, 0.5) is 13.2 Å². The maximum atomic E-state index is 12.5. The number of carbonyl (C=O) groups is 1. The predicted molar refractivity (Wildman–Crippen MR) is 50.5 cm³/mol. The highest BCUT2D eigenvalue weighted by Gasteiger charge is 2.69. The predicted octanol–water partition coefficient (Wildman–Crippen LogP) is 2.29. The minimum atomic E-state index is -4.26. The Hall–Kier alpha value is -0.580. The van der Waals surface area contributed by atoms with Crippen LogP contribution in [0.5, 0.6) is 0 Å². The minimum absolute atomic E-state index is 0.0941. The van der Waals surface area contributed by atoms with Crippen LogP contribution in [0.3, 0.4) is 0 Å². The van der Waals surface area contributed by atoms with Gasteiger partial charge in [-0.2, -0.15) is 13.2 Å². The molecule has 2 unspecified atom stereocenters. The third-order valence-corrected chi connectivity index (χ3v) is 2.82. The van der Waals surface area contributed by atoms with E-state index < -0.39 is 17.6 Å². The molecule has 1 N–H and O–H groups in total. The van der Waals surface area contributed by atoms with Gasteiger partial charge in [0, 0.05) is 6.42 Å². The number of alkyl halides is 3. The minimum Gasteiger partial charge on any atom is -0.305 e. The van der Waals surface area contributed by atoms with E-state index in [1.54, 1.807) is 13.8 Å². The van der Waals surface area contributed by atoms with Gasteiger partial charge in [0.05, 0.1) is 11.5 Å². The molecular formula is C10H16F3NO. The quantitative estimate of drug-likeness (QED) is 0.774. The highest BCUT2D eigenvalue weighted by Crippen LogP contribution is 2.54. The Morgan fingerprint density at radius 2 is 2.07 bits per heavy atom. The molecular weight excluding hydrogens is 207 g/mol. The summed E-state index contributed by atoms with van der Waals surface area (Å²) in [4.78, 5) is 11.6.